The van der Waals surface area contributed by atoms with Crippen molar-refractivity contribution in [2.45, 2.75) is 57.7 Å². The second-order valence-corrected chi connectivity index (χ2v) is 9.81. The van der Waals surface area contributed by atoms with Crippen molar-refractivity contribution in [2.75, 3.05) is 46.8 Å². The van der Waals surface area contributed by atoms with E-state index in [0.717, 1.165) is 52.1 Å². The fourth-order valence-corrected chi connectivity index (χ4v) is 5.01. The van der Waals surface area contributed by atoms with Gasteiger partial charge < -0.3 is 10.2 Å². The van der Waals surface area contributed by atoms with Gasteiger partial charge in [0.1, 0.15) is 0 Å². The Labute approximate surface area is 176 Å². The lowest BCUT2D eigenvalue weighted by Crippen LogP contribution is -2.55. The maximum Gasteiger partial charge on any atom is 0.224 e. The molecule has 3 heterocycles. The molecule has 6 nitrogen and oxygen atoms in total. The van der Waals surface area contributed by atoms with Crippen LogP contribution < -0.4 is 5.32 Å². The second kappa shape index (κ2) is 10.0. The molecule has 2 aliphatic heterocycles. The minimum absolute atomic E-state index is 0.124. The lowest BCUT2D eigenvalue weighted by molar-refractivity contribution is -0.129. The van der Waals surface area contributed by atoms with E-state index in [1.165, 1.54) is 18.4 Å². The number of nitrogens with zero attached hydrogens (tertiary/aromatic N) is 4. The fourth-order valence-electron chi connectivity index (χ4n) is 5.01. The summed E-state index contributed by atoms with van der Waals surface area (Å²) in [5, 5.41) is 3.29. The highest BCUT2D eigenvalue weighted by Crippen LogP contribution is 2.25. The lowest BCUT2D eigenvalue weighted by Gasteiger charge is -2.42. The molecule has 29 heavy (non-hydrogen) atoms. The van der Waals surface area contributed by atoms with Crippen molar-refractivity contribution in [2.24, 2.45) is 5.92 Å². The monoisotopic (exact) mass is 401 g/mol. The molecule has 0 aliphatic carbocycles. The Kier molecular flexibility index (Phi) is 7.66. The molecule has 1 N–H and O–H groups in total. The summed E-state index contributed by atoms with van der Waals surface area (Å²) in [6.07, 6.45) is 8.34. The Balaban J connectivity index is 1.46. The zero-order valence-corrected chi connectivity index (χ0v) is 18.7. The van der Waals surface area contributed by atoms with Gasteiger partial charge in [0, 0.05) is 43.6 Å². The van der Waals surface area contributed by atoms with Crippen LogP contribution in [-0.2, 0) is 11.3 Å². The summed E-state index contributed by atoms with van der Waals surface area (Å²) in [6, 6.07) is 4.79. The first kappa shape index (κ1) is 22.2. The first-order chi connectivity index (χ1) is 13.8. The minimum atomic E-state index is -0.194. The molecule has 2 fully saturated rings. The van der Waals surface area contributed by atoms with E-state index in [1.54, 1.807) is 0 Å². The highest BCUT2D eigenvalue weighted by molar-refractivity contribution is 5.79. The van der Waals surface area contributed by atoms with E-state index in [4.69, 9.17) is 0 Å². The van der Waals surface area contributed by atoms with E-state index in [-0.39, 0.29) is 17.4 Å². The number of carbonyl (C=O) groups is 1. The quantitative estimate of drug-likeness (QED) is 0.759. The number of aromatic nitrogens is 1. The number of piperidine rings is 2. The molecule has 1 aromatic heterocycles. The van der Waals surface area contributed by atoms with Gasteiger partial charge in [0.05, 0.1) is 5.92 Å². The Morgan fingerprint density at radius 2 is 2.00 bits per heavy atom. The van der Waals surface area contributed by atoms with Gasteiger partial charge in [-0.05, 0) is 84.9 Å². The maximum atomic E-state index is 12.9. The molecule has 2 saturated heterocycles. The molecule has 6 heteroatoms. The van der Waals surface area contributed by atoms with Gasteiger partial charge in [-0.3, -0.25) is 19.6 Å². The van der Waals surface area contributed by atoms with Gasteiger partial charge in [-0.1, -0.05) is 6.07 Å². The summed E-state index contributed by atoms with van der Waals surface area (Å²) < 4.78 is 0. The third kappa shape index (κ3) is 6.76. The van der Waals surface area contributed by atoms with Gasteiger partial charge in [-0.25, -0.2) is 0 Å². The molecule has 0 radical (unpaired) electrons. The summed E-state index contributed by atoms with van der Waals surface area (Å²) in [4.78, 5) is 24.4. The van der Waals surface area contributed by atoms with Crippen LogP contribution in [0.15, 0.2) is 24.5 Å². The van der Waals surface area contributed by atoms with Crippen LogP contribution in [0.25, 0.3) is 0 Å². The molecule has 1 atom stereocenters. The summed E-state index contributed by atoms with van der Waals surface area (Å²) >= 11 is 0. The van der Waals surface area contributed by atoms with Crippen molar-refractivity contribution in [3.05, 3.63) is 30.1 Å². The summed E-state index contributed by atoms with van der Waals surface area (Å²) in [7, 11) is 4.11. The number of nitrogens with one attached hydrogen (secondary N) is 1. The van der Waals surface area contributed by atoms with Crippen LogP contribution >= 0.6 is 0 Å². The normalized spacial score (nSPS) is 22.7. The Bertz CT molecular complexity index is 640. The molecular weight excluding hydrogens is 362 g/mol. The van der Waals surface area contributed by atoms with Crippen LogP contribution in [-0.4, -0.2) is 84.0 Å². The molecule has 0 aromatic carbocycles. The zero-order valence-electron chi connectivity index (χ0n) is 18.7. The third-order valence-electron chi connectivity index (χ3n) is 6.20. The number of rotatable bonds is 7. The van der Waals surface area contributed by atoms with E-state index < -0.39 is 0 Å². The molecule has 162 valence electrons. The van der Waals surface area contributed by atoms with Gasteiger partial charge in [0.25, 0.3) is 0 Å². The molecule has 0 saturated carbocycles. The van der Waals surface area contributed by atoms with E-state index in [2.05, 4.69) is 59.0 Å². The third-order valence-corrected chi connectivity index (χ3v) is 6.20. The number of hydrogen-bond donors (Lipinski definition) is 1. The SMILES string of the molecule is CN(C)CC(C)(C)NC(=O)[C@H]1CCCN(C2CCN(Cc3cccnc3)CC2)C1. The smallest absolute Gasteiger partial charge is 0.224 e. The average Bonchev–Trinajstić information content (AvgIpc) is 2.68. The number of amides is 1. The molecule has 0 spiro atoms. The van der Waals surface area contributed by atoms with Crippen molar-refractivity contribution in [1.82, 2.24) is 25.0 Å². The van der Waals surface area contributed by atoms with Crippen molar-refractivity contribution in [3.8, 4) is 0 Å². The number of hydrogen-bond acceptors (Lipinski definition) is 5. The Morgan fingerprint density at radius 3 is 2.66 bits per heavy atom. The molecule has 0 unspecified atom stereocenters. The molecule has 3 rings (SSSR count). The molecule has 0 bridgehead atoms. The molecule has 1 amide bonds. The zero-order chi connectivity index (χ0) is 20.9. The molecule has 2 aliphatic rings. The number of likely N-dealkylation sites (N-methyl/N-ethyl adjacent to an activating group) is 1. The van der Waals surface area contributed by atoms with E-state index in [1.807, 2.05) is 18.5 Å². The number of likely N-dealkylation sites (tertiary alicyclic amines) is 2. The first-order valence-electron chi connectivity index (χ1n) is 11.1. The van der Waals surface area contributed by atoms with E-state index in [0.29, 0.717) is 6.04 Å². The van der Waals surface area contributed by atoms with Gasteiger partial charge in [0.2, 0.25) is 5.91 Å². The maximum absolute atomic E-state index is 12.9. The second-order valence-electron chi connectivity index (χ2n) is 9.81. The van der Waals surface area contributed by atoms with Gasteiger partial charge in [0.15, 0.2) is 0 Å². The lowest BCUT2D eigenvalue weighted by atomic mass is 9.92. The molecular formula is C23H39N5O. The predicted molar refractivity (Wildman–Crippen MR) is 118 cm³/mol. The Hall–Kier alpha value is -1.50. The number of carbonyl (C=O) groups excluding carboxylic acids is 1. The van der Waals surface area contributed by atoms with Crippen molar-refractivity contribution < 1.29 is 4.79 Å². The standard InChI is InChI=1S/C23H39N5O/c1-23(2,18-26(3)4)25-22(29)20-8-6-12-28(17-20)21-9-13-27(14-10-21)16-19-7-5-11-24-15-19/h5,7,11,15,20-21H,6,8-10,12-14,16-18H2,1-4H3,(H,25,29)/t20-/m0/s1. The minimum Gasteiger partial charge on any atom is -0.350 e. The summed E-state index contributed by atoms with van der Waals surface area (Å²) in [6.45, 7) is 10.4. The fraction of sp³-hybridized carbons (Fsp3) is 0.739. The van der Waals surface area contributed by atoms with Gasteiger partial charge >= 0.3 is 0 Å². The largest absolute Gasteiger partial charge is 0.350 e. The summed E-state index contributed by atoms with van der Waals surface area (Å²) in [5.74, 6) is 0.356. The van der Waals surface area contributed by atoms with Crippen molar-refractivity contribution in [3.63, 3.8) is 0 Å². The van der Waals surface area contributed by atoms with Crippen LogP contribution in [0.1, 0.15) is 45.1 Å². The van der Waals surface area contributed by atoms with Crippen LogP contribution in [0.4, 0.5) is 0 Å². The highest BCUT2D eigenvalue weighted by Gasteiger charge is 2.33. The van der Waals surface area contributed by atoms with Crippen molar-refractivity contribution in [1.29, 1.82) is 0 Å². The van der Waals surface area contributed by atoms with E-state index in [9.17, 15) is 4.79 Å². The predicted octanol–water partition coefficient (Wildman–Crippen LogP) is 2.21. The van der Waals surface area contributed by atoms with Crippen LogP contribution in [0, 0.1) is 5.92 Å². The van der Waals surface area contributed by atoms with E-state index >= 15 is 0 Å². The number of pyridine rings is 1. The van der Waals surface area contributed by atoms with Crippen LogP contribution in [0.5, 0.6) is 0 Å². The Morgan fingerprint density at radius 1 is 1.24 bits per heavy atom. The average molecular weight is 402 g/mol. The van der Waals surface area contributed by atoms with Crippen LogP contribution in [0.2, 0.25) is 0 Å². The highest BCUT2D eigenvalue weighted by atomic mass is 16.2. The van der Waals surface area contributed by atoms with Gasteiger partial charge in [-0.2, -0.15) is 0 Å². The van der Waals surface area contributed by atoms with Crippen molar-refractivity contribution >= 4 is 5.91 Å². The summed E-state index contributed by atoms with van der Waals surface area (Å²) in [5.41, 5.74) is 1.10. The topological polar surface area (TPSA) is 51.7 Å². The van der Waals surface area contributed by atoms with Gasteiger partial charge in [-0.15, -0.1) is 0 Å². The van der Waals surface area contributed by atoms with Crippen LogP contribution in [0.3, 0.4) is 0 Å². The molecule has 1 aromatic rings. The first-order valence-corrected chi connectivity index (χ1v) is 11.1.